The molecule has 0 bridgehead atoms. The molecule has 2 heterocycles. The topological polar surface area (TPSA) is 29.5 Å². The SMILES string of the molecule is CCCC[C@@H]1CN2[C@@H](CC[C@H](C)[C@@H]2c2ccc(Br)cc2)C(=O)O1. The number of benzene rings is 1. The Balaban J connectivity index is 1.84. The third-order valence-corrected chi connectivity index (χ3v) is 5.78. The fourth-order valence-electron chi connectivity index (χ4n) is 4.04. The maximum atomic E-state index is 12.5. The molecule has 4 atom stereocenters. The molecule has 2 aliphatic heterocycles. The number of nitrogens with zero attached hydrogens (tertiary/aromatic N) is 1. The van der Waals surface area contributed by atoms with Gasteiger partial charge in [0.15, 0.2) is 0 Å². The van der Waals surface area contributed by atoms with Crippen LogP contribution in [0.5, 0.6) is 0 Å². The molecule has 0 aromatic heterocycles. The lowest BCUT2D eigenvalue weighted by atomic mass is 9.82. The second kappa shape index (κ2) is 7.35. The van der Waals surface area contributed by atoms with Gasteiger partial charge in [0.2, 0.25) is 0 Å². The first kappa shape index (κ1) is 17.0. The van der Waals surface area contributed by atoms with Gasteiger partial charge in [-0.15, -0.1) is 0 Å². The summed E-state index contributed by atoms with van der Waals surface area (Å²) >= 11 is 3.51. The molecule has 3 nitrogen and oxygen atoms in total. The lowest BCUT2D eigenvalue weighted by Gasteiger charge is -2.48. The van der Waals surface area contributed by atoms with Crippen molar-refractivity contribution in [1.29, 1.82) is 0 Å². The molecule has 23 heavy (non-hydrogen) atoms. The van der Waals surface area contributed by atoms with E-state index in [1.165, 1.54) is 5.56 Å². The van der Waals surface area contributed by atoms with E-state index in [1.807, 2.05) is 0 Å². The zero-order valence-corrected chi connectivity index (χ0v) is 15.6. The van der Waals surface area contributed by atoms with Gasteiger partial charge in [-0.3, -0.25) is 9.69 Å². The average Bonchev–Trinajstić information content (AvgIpc) is 2.54. The Kier molecular flexibility index (Phi) is 5.42. The van der Waals surface area contributed by atoms with Crippen molar-refractivity contribution in [3.05, 3.63) is 34.3 Å². The predicted octanol–water partition coefficient (Wildman–Crippen LogP) is 4.71. The number of hydrogen-bond donors (Lipinski definition) is 0. The molecule has 0 amide bonds. The van der Waals surface area contributed by atoms with Crippen molar-refractivity contribution in [1.82, 2.24) is 4.90 Å². The van der Waals surface area contributed by atoms with Crippen molar-refractivity contribution in [3.8, 4) is 0 Å². The quantitative estimate of drug-likeness (QED) is 0.709. The van der Waals surface area contributed by atoms with E-state index in [2.05, 4.69) is 58.9 Å². The summed E-state index contributed by atoms with van der Waals surface area (Å²) in [4.78, 5) is 14.9. The van der Waals surface area contributed by atoms with Crippen LogP contribution in [0.4, 0.5) is 0 Å². The second-order valence-electron chi connectivity index (χ2n) is 6.96. The summed E-state index contributed by atoms with van der Waals surface area (Å²) < 4.78 is 6.81. The average molecular weight is 380 g/mol. The van der Waals surface area contributed by atoms with Crippen molar-refractivity contribution >= 4 is 21.9 Å². The second-order valence-corrected chi connectivity index (χ2v) is 7.88. The Labute approximate surface area is 147 Å². The number of carbonyl (C=O) groups excluding carboxylic acids is 1. The zero-order valence-electron chi connectivity index (χ0n) is 14.0. The highest BCUT2D eigenvalue weighted by Crippen LogP contribution is 2.41. The molecule has 1 aromatic carbocycles. The minimum atomic E-state index is -0.0577. The van der Waals surface area contributed by atoms with Crippen LogP contribution in [-0.2, 0) is 9.53 Å². The van der Waals surface area contributed by atoms with Gasteiger partial charge < -0.3 is 4.74 Å². The van der Waals surface area contributed by atoms with Crippen LogP contribution in [0.15, 0.2) is 28.7 Å². The normalized spacial score (nSPS) is 31.5. The first-order valence-electron chi connectivity index (χ1n) is 8.82. The molecule has 0 unspecified atom stereocenters. The van der Waals surface area contributed by atoms with Crippen LogP contribution in [0.2, 0.25) is 0 Å². The number of halogens is 1. The van der Waals surface area contributed by atoms with E-state index < -0.39 is 0 Å². The van der Waals surface area contributed by atoms with Crippen molar-refractivity contribution in [3.63, 3.8) is 0 Å². The maximum absolute atomic E-state index is 12.5. The van der Waals surface area contributed by atoms with Crippen LogP contribution in [-0.4, -0.2) is 29.6 Å². The summed E-state index contributed by atoms with van der Waals surface area (Å²) in [7, 11) is 0. The molecule has 1 aromatic rings. The van der Waals surface area contributed by atoms with Crippen LogP contribution in [0.25, 0.3) is 0 Å². The van der Waals surface area contributed by atoms with Crippen molar-refractivity contribution in [2.75, 3.05) is 6.54 Å². The van der Waals surface area contributed by atoms with Crippen LogP contribution >= 0.6 is 15.9 Å². The third-order valence-electron chi connectivity index (χ3n) is 5.25. The number of morpholine rings is 1. The van der Waals surface area contributed by atoms with E-state index in [0.29, 0.717) is 12.0 Å². The Morgan fingerprint density at radius 3 is 2.70 bits per heavy atom. The number of esters is 1. The Morgan fingerprint density at radius 2 is 2.00 bits per heavy atom. The first-order chi connectivity index (χ1) is 11.1. The number of rotatable bonds is 4. The molecule has 2 saturated heterocycles. The molecule has 0 saturated carbocycles. The Morgan fingerprint density at radius 1 is 1.26 bits per heavy atom. The van der Waals surface area contributed by atoms with Crippen molar-refractivity contribution in [2.45, 2.75) is 64.1 Å². The molecule has 2 aliphatic rings. The molecular weight excluding hydrogens is 354 g/mol. The monoisotopic (exact) mass is 379 g/mol. The fraction of sp³-hybridized carbons (Fsp3) is 0.632. The van der Waals surface area contributed by atoms with E-state index in [0.717, 1.165) is 43.1 Å². The van der Waals surface area contributed by atoms with Gasteiger partial charge in [-0.05, 0) is 49.3 Å². The van der Waals surface area contributed by atoms with E-state index in [1.54, 1.807) is 0 Å². The highest BCUT2D eigenvalue weighted by Gasteiger charge is 2.44. The lowest BCUT2D eigenvalue weighted by molar-refractivity contribution is -0.174. The summed E-state index contributed by atoms with van der Waals surface area (Å²) in [5, 5.41) is 0. The van der Waals surface area contributed by atoms with Crippen molar-refractivity contribution in [2.24, 2.45) is 5.92 Å². The van der Waals surface area contributed by atoms with E-state index in [4.69, 9.17) is 4.74 Å². The van der Waals surface area contributed by atoms with E-state index >= 15 is 0 Å². The van der Waals surface area contributed by atoms with Crippen LogP contribution in [0.1, 0.15) is 57.6 Å². The molecule has 126 valence electrons. The van der Waals surface area contributed by atoms with Gasteiger partial charge in [-0.2, -0.15) is 0 Å². The highest BCUT2D eigenvalue weighted by atomic mass is 79.9. The van der Waals surface area contributed by atoms with Gasteiger partial charge in [0.1, 0.15) is 12.1 Å². The van der Waals surface area contributed by atoms with Crippen LogP contribution < -0.4 is 0 Å². The Bertz CT molecular complexity index is 545. The number of ether oxygens (including phenoxy) is 1. The number of piperidine rings is 1. The van der Waals surface area contributed by atoms with Gasteiger partial charge in [0.05, 0.1) is 0 Å². The predicted molar refractivity (Wildman–Crippen MR) is 95.2 cm³/mol. The van der Waals surface area contributed by atoms with Gasteiger partial charge in [-0.1, -0.05) is 48.3 Å². The molecule has 0 N–H and O–H groups in total. The van der Waals surface area contributed by atoms with Gasteiger partial charge in [-0.25, -0.2) is 0 Å². The maximum Gasteiger partial charge on any atom is 0.323 e. The fourth-order valence-corrected chi connectivity index (χ4v) is 4.30. The van der Waals surface area contributed by atoms with Crippen molar-refractivity contribution < 1.29 is 9.53 Å². The molecule has 0 spiro atoms. The minimum Gasteiger partial charge on any atom is -0.460 e. The number of unbranched alkanes of at least 4 members (excludes halogenated alkanes) is 1. The van der Waals surface area contributed by atoms with E-state index in [-0.39, 0.29) is 18.1 Å². The molecule has 3 rings (SSSR count). The van der Waals surface area contributed by atoms with Gasteiger partial charge in [0, 0.05) is 17.1 Å². The standard InChI is InChI=1S/C19H26BrNO2/c1-3-4-5-16-12-21-17(19(22)23-16)11-6-13(2)18(21)14-7-9-15(20)10-8-14/h7-10,13,16-18H,3-6,11-12H2,1-2H3/t13-,16+,17-,18+/m0/s1. The number of fused-ring (bicyclic) bond motifs is 1. The summed E-state index contributed by atoms with van der Waals surface area (Å²) in [5.74, 6) is 0.552. The largest absolute Gasteiger partial charge is 0.460 e. The molecule has 4 heteroatoms. The molecule has 0 aliphatic carbocycles. The highest BCUT2D eigenvalue weighted by molar-refractivity contribution is 9.10. The van der Waals surface area contributed by atoms with Crippen LogP contribution in [0, 0.1) is 5.92 Å². The zero-order chi connectivity index (χ0) is 16.4. The van der Waals surface area contributed by atoms with Crippen LogP contribution in [0.3, 0.4) is 0 Å². The van der Waals surface area contributed by atoms with Gasteiger partial charge in [0.25, 0.3) is 0 Å². The number of cyclic esters (lactones) is 1. The first-order valence-corrected chi connectivity index (χ1v) is 9.61. The minimum absolute atomic E-state index is 0.00800. The molecular formula is C19H26BrNO2. The lowest BCUT2D eigenvalue weighted by Crippen LogP contribution is -2.57. The van der Waals surface area contributed by atoms with Gasteiger partial charge >= 0.3 is 5.97 Å². The Hall–Kier alpha value is -0.870. The number of hydrogen-bond acceptors (Lipinski definition) is 3. The van der Waals surface area contributed by atoms with E-state index in [9.17, 15) is 4.79 Å². The summed E-state index contributed by atoms with van der Waals surface area (Å²) in [6.45, 7) is 5.37. The smallest absolute Gasteiger partial charge is 0.323 e. The molecule has 0 radical (unpaired) electrons. The third kappa shape index (κ3) is 3.63. The summed E-state index contributed by atoms with van der Waals surface area (Å²) in [5.41, 5.74) is 1.31. The summed E-state index contributed by atoms with van der Waals surface area (Å²) in [6, 6.07) is 8.84. The summed E-state index contributed by atoms with van der Waals surface area (Å²) in [6.07, 6.45) is 5.30. The number of carbonyl (C=O) groups is 1. The molecule has 2 fully saturated rings.